The molecule has 1 saturated carbocycles. The van der Waals surface area contributed by atoms with Gasteiger partial charge in [-0.05, 0) is 49.8 Å². The molecule has 150 valence electrons. The Kier molecular flexibility index (Phi) is 7.95. The highest BCUT2D eigenvalue weighted by Crippen LogP contribution is 2.28. The van der Waals surface area contributed by atoms with Crippen LogP contribution in [0.3, 0.4) is 0 Å². The third kappa shape index (κ3) is 6.15. The van der Waals surface area contributed by atoms with Crippen molar-refractivity contribution in [1.29, 1.82) is 0 Å². The van der Waals surface area contributed by atoms with Crippen molar-refractivity contribution in [3.8, 4) is 11.5 Å². The fraction of sp³-hybridized carbons (Fsp3) is 0.619. The molecule has 3 atom stereocenters. The molecule has 6 heteroatoms. The van der Waals surface area contributed by atoms with Gasteiger partial charge in [-0.2, -0.15) is 0 Å². The average Bonchev–Trinajstić information content (AvgIpc) is 2.67. The lowest BCUT2D eigenvalue weighted by Gasteiger charge is -2.30. The number of ether oxygens (including phenoxy) is 3. The van der Waals surface area contributed by atoms with Gasteiger partial charge < -0.3 is 19.5 Å². The van der Waals surface area contributed by atoms with Gasteiger partial charge in [-0.15, -0.1) is 0 Å². The Morgan fingerprint density at radius 2 is 1.85 bits per heavy atom. The van der Waals surface area contributed by atoms with Crippen molar-refractivity contribution < 1.29 is 23.8 Å². The highest BCUT2D eigenvalue weighted by Gasteiger charge is 2.26. The molecule has 0 spiro atoms. The fourth-order valence-electron chi connectivity index (χ4n) is 3.42. The second-order valence-electron chi connectivity index (χ2n) is 7.20. The molecule has 1 aliphatic rings. The van der Waals surface area contributed by atoms with Gasteiger partial charge in [0.2, 0.25) is 0 Å². The molecular weight excluding hydrogens is 346 g/mol. The molecule has 0 bridgehead atoms. The largest absolute Gasteiger partial charge is 0.493 e. The average molecular weight is 377 g/mol. The quantitative estimate of drug-likeness (QED) is 0.704. The van der Waals surface area contributed by atoms with E-state index in [1.807, 2.05) is 12.1 Å². The molecule has 1 fully saturated rings. The smallest absolute Gasteiger partial charge is 0.306 e. The van der Waals surface area contributed by atoms with Gasteiger partial charge in [-0.1, -0.05) is 25.8 Å². The molecular formula is C21H31NO5. The van der Waals surface area contributed by atoms with Crippen LogP contribution in [0.2, 0.25) is 0 Å². The van der Waals surface area contributed by atoms with Crippen LogP contribution in [0.5, 0.6) is 11.5 Å². The highest BCUT2D eigenvalue weighted by molar-refractivity contribution is 5.83. The highest BCUT2D eigenvalue weighted by atomic mass is 16.5. The minimum Gasteiger partial charge on any atom is -0.493 e. The van der Waals surface area contributed by atoms with Crippen molar-refractivity contribution in [2.45, 2.75) is 64.5 Å². The zero-order valence-electron chi connectivity index (χ0n) is 16.7. The molecule has 1 amide bonds. The van der Waals surface area contributed by atoms with Crippen LogP contribution in [0, 0.1) is 5.92 Å². The first-order valence-electron chi connectivity index (χ1n) is 9.65. The van der Waals surface area contributed by atoms with Crippen molar-refractivity contribution >= 4 is 11.9 Å². The maximum atomic E-state index is 12.3. The summed E-state index contributed by atoms with van der Waals surface area (Å²) in [5, 5.41) is 3.03. The van der Waals surface area contributed by atoms with E-state index in [1.165, 1.54) is 6.42 Å². The molecule has 0 aromatic heterocycles. The summed E-state index contributed by atoms with van der Waals surface area (Å²) in [6.07, 6.45) is 4.40. The Hall–Kier alpha value is -2.24. The molecule has 1 aromatic carbocycles. The van der Waals surface area contributed by atoms with E-state index in [2.05, 4.69) is 12.2 Å². The third-order valence-corrected chi connectivity index (χ3v) is 5.18. The molecule has 27 heavy (non-hydrogen) atoms. The zero-order valence-corrected chi connectivity index (χ0v) is 16.7. The molecule has 2 rings (SSSR count). The zero-order chi connectivity index (χ0) is 19.8. The van der Waals surface area contributed by atoms with Crippen molar-refractivity contribution in [2.75, 3.05) is 14.2 Å². The Bertz CT molecular complexity index is 645. The molecule has 1 aliphatic carbocycles. The summed E-state index contributed by atoms with van der Waals surface area (Å²) in [6.45, 7) is 3.78. The van der Waals surface area contributed by atoms with E-state index < -0.39 is 6.10 Å². The summed E-state index contributed by atoms with van der Waals surface area (Å²) in [7, 11) is 3.15. The van der Waals surface area contributed by atoms with Gasteiger partial charge in [0.1, 0.15) is 0 Å². The van der Waals surface area contributed by atoms with Crippen LogP contribution in [-0.4, -0.2) is 38.2 Å². The van der Waals surface area contributed by atoms with E-state index >= 15 is 0 Å². The Labute approximate surface area is 161 Å². The molecule has 0 aliphatic heterocycles. The van der Waals surface area contributed by atoms with Gasteiger partial charge in [-0.3, -0.25) is 9.59 Å². The predicted octanol–water partition coefficient (Wildman–Crippen LogP) is 3.26. The number of nitrogens with one attached hydrogen (secondary N) is 1. The molecule has 1 aromatic rings. The first-order valence-corrected chi connectivity index (χ1v) is 9.65. The summed E-state index contributed by atoms with van der Waals surface area (Å²) in [4.78, 5) is 24.4. The van der Waals surface area contributed by atoms with Gasteiger partial charge in [-0.25, -0.2) is 0 Å². The fourth-order valence-corrected chi connectivity index (χ4v) is 3.42. The van der Waals surface area contributed by atoms with E-state index in [4.69, 9.17) is 14.2 Å². The van der Waals surface area contributed by atoms with Crippen molar-refractivity contribution in [1.82, 2.24) is 5.32 Å². The lowest BCUT2D eigenvalue weighted by atomic mass is 9.86. The number of carbonyl (C=O) groups is 2. The molecule has 0 heterocycles. The number of benzene rings is 1. The monoisotopic (exact) mass is 377 g/mol. The second kappa shape index (κ2) is 10.2. The standard InChI is InChI=1S/C21H31NO5/c1-14-7-5-6-8-17(14)22-21(24)15(2)27-20(23)12-10-16-9-11-18(25-3)19(13-16)26-4/h9,11,13-15,17H,5-8,10,12H2,1-4H3,(H,22,24)/t14-,15-,17+/m1/s1. The van der Waals surface area contributed by atoms with E-state index in [-0.39, 0.29) is 24.3 Å². The summed E-state index contributed by atoms with van der Waals surface area (Å²) in [6, 6.07) is 5.71. The van der Waals surface area contributed by atoms with Crippen molar-refractivity contribution in [3.05, 3.63) is 23.8 Å². The predicted molar refractivity (Wildman–Crippen MR) is 103 cm³/mol. The van der Waals surface area contributed by atoms with Gasteiger partial charge >= 0.3 is 5.97 Å². The van der Waals surface area contributed by atoms with E-state index in [9.17, 15) is 9.59 Å². The van der Waals surface area contributed by atoms with Gasteiger partial charge in [0.05, 0.1) is 14.2 Å². The van der Waals surface area contributed by atoms with Gasteiger partial charge in [0.15, 0.2) is 17.6 Å². The number of amides is 1. The SMILES string of the molecule is COc1ccc(CCC(=O)O[C@H](C)C(=O)N[C@H]2CCCC[C@H]2C)cc1OC. The summed E-state index contributed by atoms with van der Waals surface area (Å²) in [5.41, 5.74) is 0.942. The number of methoxy groups -OCH3 is 2. The summed E-state index contributed by atoms with van der Waals surface area (Å²) in [5.74, 6) is 1.14. The maximum Gasteiger partial charge on any atom is 0.306 e. The molecule has 0 saturated heterocycles. The number of rotatable bonds is 8. The minimum absolute atomic E-state index is 0.180. The Morgan fingerprint density at radius 3 is 2.52 bits per heavy atom. The maximum absolute atomic E-state index is 12.3. The van der Waals surface area contributed by atoms with E-state index in [0.29, 0.717) is 23.8 Å². The van der Waals surface area contributed by atoms with Gasteiger partial charge in [0, 0.05) is 12.5 Å². The van der Waals surface area contributed by atoms with Crippen LogP contribution < -0.4 is 14.8 Å². The Morgan fingerprint density at radius 1 is 1.15 bits per heavy atom. The van der Waals surface area contributed by atoms with Crippen LogP contribution in [0.25, 0.3) is 0 Å². The molecule has 0 unspecified atom stereocenters. The van der Waals surface area contributed by atoms with E-state index in [1.54, 1.807) is 27.2 Å². The lowest BCUT2D eigenvalue weighted by Crippen LogP contribution is -2.46. The molecule has 0 radical (unpaired) electrons. The number of hydrogen-bond acceptors (Lipinski definition) is 5. The normalized spacial score (nSPS) is 20.4. The van der Waals surface area contributed by atoms with Crippen LogP contribution in [0.15, 0.2) is 18.2 Å². The first-order chi connectivity index (χ1) is 12.9. The van der Waals surface area contributed by atoms with Crippen LogP contribution in [0.4, 0.5) is 0 Å². The lowest BCUT2D eigenvalue weighted by molar-refractivity contribution is -0.155. The summed E-state index contributed by atoms with van der Waals surface area (Å²) < 4.78 is 15.8. The minimum atomic E-state index is -0.781. The van der Waals surface area contributed by atoms with Crippen molar-refractivity contribution in [2.24, 2.45) is 5.92 Å². The summed E-state index contributed by atoms with van der Waals surface area (Å²) >= 11 is 0. The first kappa shape index (κ1) is 21.1. The van der Waals surface area contributed by atoms with Gasteiger partial charge in [0.25, 0.3) is 5.91 Å². The Balaban J connectivity index is 1.79. The number of hydrogen-bond donors (Lipinski definition) is 1. The third-order valence-electron chi connectivity index (χ3n) is 5.18. The number of aryl methyl sites for hydroxylation is 1. The van der Waals surface area contributed by atoms with Crippen LogP contribution in [0.1, 0.15) is 51.5 Å². The van der Waals surface area contributed by atoms with Crippen molar-refractivity contribution in [3.63, 3.8) is 0 Å². The molecule has 6 nitrogen and oxygen atoms in total. The van der Waals surface area contributed by atoms with Crippen LogP contribution >= 0.6 is 0 Å². The van der Waals surface area contributed by atoms with E-state index in [0.717, 1.165) is 24.8 Å². The number of esters is 1. The molecule has 1 N–H and O–H groups in total. The second-order valence-corrected chi connectivity index (χ2v) is 7.20. The topological polar surface area (TPSA) is 73.9 Å². The van der Waals surface area contributed by atoms with Crippen LogP contribution in [-0.2, 0) is 20.7 Å². The number of carbonyl (C=O) groups excluding carboxylic acids is 2.